The summed E-state index contributed by atoms with van der Waals surface area (Å²) < 4.78 is 9.71. The second-order valence-corrected chi connectivity index (χ2v) is 3.80. The summed E-state index contributed by atoms with van der Waals surface area (Å²) in [4.78, 5) is 22.1. The van der Waals surface area contributed by atoms with Crippen LogP contribution < -0.4 is 15.7 Å². The van der Waals surface area contributed by atoms with Crippen LogP contribution in [0.4, 0.5) is 4.79 Å². The Morgan fingerprint density at radius 1 is 1.24 bits per heavy atom. The van der Waals surface area contributed by atoms with E-state index in [2.05, 4.69) is 10.6 Å². The zero-order valence-electron chi connectivity index (χ0n) is 10.5. The van der Waals surface area contributed by atoms with Crippen molar-refractivity contribution in [1.29, 1.82) is 0 Å². The Balaban J connectivity index is 4.11. The molecule has 0 aliphatic carbocycles. The maximum Gasteiger partial charge on any atom is 0.315 e. The fraction of sp³-hybridized carbons (Fsp3) is 0.800. The number of urea groups is 1. The molecule has 0 fully saturated rings. The highest BCUT2D eigenvalue weighted by Gasteiger charge is 2.17. The molecule has 0 bridgehead atoms. The van der Waals surface area contributed by atoms with Crippen molar-refractivity contribution in [2.45, 2.75) is 26.2 Å². The lowest BCUT2D eigenvalue weighted by Gasteiger charge is -2.23. The van der Waals surface area contributed by atoms with E-state index in [1.54, 1.807) is 13.8 Å². The van der Waals surface area contributed by atoms with Crippen LogP contribution in [0.2, 0.25) is 0 Å². The lowest BCUT2D eigenvalue weighted by Crippen LogP contribution is -2.54. The van der Waals surface area contributed by atoms with Gasteiger partial charge < -0.3 is 30.0 Å². The van der Waals surface area contributed by atoms with E-state index in [1.807, 2.05) is 0 Å². The van der Waals surface area contributed by atoms with E-state index in [0.717, 1.165) is 0 Å². The molecule has 0 saturated carbocycles. The standard InChI is InChI=1S/C10H20N2O5/c1-6(2)8(9(13)14)12-10(15)11-5-7(16-3)17-4/h6-8H,5H2,1-4H3,(H,13,14)(H2,11,12,15)/p-1/t8-/m0/s1. The van der Waals surface area contributed by atoms with Crippen LogP contribution in [0, 0.1) is 5.92 Å². The zero-order chi connectivity index (χ0) is 13.4. The smallest absolute Gasteiger partial charge is 0.315 e. The number of amides is 2. The zero-order valence-corrected chi connectivity index (χ0v) is 10.5. The van der Waals surface area contributed by atoms with Crippen LogP contribution in [0.15, 0.2) is 0 Å². The summed E-state index contributed by atoms with van der Waals surface area (Å²) in [6, 6.07) is -1.63. The molecule has 17 heavy (non-hydrogen) atoms. The van der Waals surface area contributed by atoms with Gasteiger partial charge in [0.1, 0.15) is 0 Å². The maximum absolute atomic E-state index is 11.4. The van der Waals surface area contributed by atoms with E-state index in [1.165, 1.54) is 14.2 Å². The van der Waals surface area contributed by atoms with Gasteiger partial charge in [0.15, 0.2) is 6.29 Å². The van der Waals surface area contributed by atoms with Gasteiger partial charge in [-0.25, -0.2) is 4.79 Å². The van der Waals surface area contributed by atoms with E-state index < -0.39 is 24.3 Å². The Morgan fingerprint density at radius 3 is 2.12 bits per heavy atom. The second-order valence-electron chi connectivity index (χ2n) is 3.80. The van der Waals surface area contributed by atoms with Crippen LogP contribution in [0.3, 0.4) is 0 Å². The summed E-state index contributed by atoms with van der Waals surface area (Å²) >= 11 is 0. The molecule has 100 valence electrons. The van der Waals surface area contributed by atoms with Crippen molar-refractivity contribution in [2.75, 3.05) is 20.8 Å². The number of rotatable bonds is 7. The third-order valence-electron chi connectivity index (χ3n) is 2.16. The van der Waals surface area contributed by atoms with Crippen LogP contribution in [-0.4, -0.2) is 45.1 Å². The number of carbonyl (C=O) groups is 2. The SMILES string of the molecule is COC(CNC(=O)N[C@H](C(=O)[O-])C(C)C)OC. The van der Waals surface area contributed by atoms with Crippen molar-refractivity contribution in [3.8, 4) is 0 Å². The molecule has 0 aromatic heterocycles. The summed E-state index contributed by atoms with van der Waals surface area (Å²) in [5.74, 6) is -1.57. The van der Waals surface area contributed by atoms with Crippen LogP contribution in [0.25, 0.3) is 0 Å². The Kier molecular flexibility index (Phi) is 7.24. The Labute approximate surface area is 100 Å². The van der Waals surface area contributed by atoms with Crippen LogP contribution >= 0.6 is 0 Å². The number of hydrogen-bond donors (Lipinski definition) is 2. The molecule has 0 rings (SSSR count). The molecular weight excluding hydrogens is 228 g/mol. The molecule has 7 nitrogen and oxygen atoms in total. The summed E-state index contributed by atoms with van der Waals surface area (Å²) in [7, 11) is 2.87. The molecule has 2 amide bonds. The van der Waals surface area contributed by atoms with E-state index in [9.17, 15) is 14.7 Å². The Hall–Kier alpha value is -1.34. The van der Waals surface area contributed by atoms with Gasteiger partial charge in [-0.15, -0.1) is 0 Å². The Bertz CT molecular complexity index is 253. The van der Waals surface area contributed by atoms with Gasteiger partial charge in [-0.3, -0.25) is 0 Å². The van der Waals surface area contributed by atoms with Gasteiger partial charge in [0.25, 0.3) is 0 Å². The van der Waals surface area contributed by atoms with Crippen molar-refractivity contribution in [3.05, 3.63) is 0 Å². The van der Waals surface area contributed by atoms with Gasteiger partial charge in [-0.1, -0.05) is 13.8 Å². The molecule has 0 radical (unpaired) electrons. The normalized spacial score (nSPS) is 12.6. The van der Waals surface area contributed by atoms with Crippen LogP contribution in [-0.2, 0) is 14.3 Å². The highest BCUT2D eigenvalue weighted by Crippen LogP contribution is 1.99. The second kappa shape index (κ2) is 7.86. The quantitative estimate of drug-likeness (QED) is 0.543. The van der Waals surface area contributed by atoms with Crippen molar-refractivity contribution in [1.82, 2.24) is 10.6 Å². The first-order valence-corrected chi connectivity index (χ1v) is 5.23. The van der Waals surface area contributed by atoms with E-state index in [4.69, 9.17) is 9.47 Å². The van der Waals surface area contributed by atoms with E-state index >= 15 is 0 Å². The summed E-state index contributed by atoms with van der Waals surface area (Å²) in [6.45, 7) is 3.47. The van der Waals surface area contributed by atoms with Gasteiger partial charge in [-0.2, -0.15) is 0 Å². The van der Waals surface area contributed by atoms with Crippen molar-refractivity contribution in [3.63, 3.8) is 0 Å². The van der Waals surface area contributed by atoms with Crippen molar-refractivity contribution in [2.24, 2.45) is 5.92 Å². The molecule has 1 atom stereocenters. The number of carboxylic acids is 1. The van der Waals surface area contributed by atoms with Gasteiger partial charge in [0.05, 0.1) is 18.6 Å². The highest BCUT2D eigenvalue weighted by atomic mass is 16.7. The topological polar surface area (TPSA) is 99.7 Å². The first-order valence-electron chi connectivity index (χ1n) is 5.23. The number of hydrogen-bond acceptors (Lipinski definition) is 5. The number of methoxy groups -OCH3 is 2. The fourth-order valence-corrected chi connectivity index (χ4v) is 1.13. The van der Waals surface area contributed by atoms with Crippen LogP contribution in [0.5, 0.6) is 0 Å². The molecule has 0 aromatic carbocycles. The number of ether oxygens (including phenoxy) is 2. The molecular formula is C10H19N2O5-. The third-order valence-corrected chi connectivity index (χ3v) is 2.16. The summed E-state index contributed by atoms with van der Waals surface area (Å²) in [6.07, 6.45) is -0.568. The minimum absolute atomic E-state index is 0.122. The lowest BCUT2D eigenvalue weighted by atomic mass is 10.1. The lowest BCUT2D eigenvalue weighted by molar-refractivity contribution is -0.309. The number of nitrogens with one attached hydrogen (secondary N) is 2. The predicted octanol–water partition coefficient (Wildman–Crippen LogP) is -1.32. The predicted molar refractivity (Wildman–Crippen MR) is 58.0 cm³/mol. The number of carboxylic acid groups (broad SMARTS) is 1. The molecule has 7 heteroatoms. The minimum Gasteiger partial charge on any atom is -0.548 e. The summed E-state index contributed by atoms with van der Waals surface area (Å²) in [5.41, 5.74) is 0. The largest absolute Gasteiger partial charge is 0.548 e. The molecule has 0 aliphatic heterocycles. The Morgan fingerprint density at radius 2 is 1.76 bits per heavy atom. The maximum atomic E-state index is 11.4. The molecule has 0 aliphatic rings. The van der Waals surface area contributed by atoms with Crippen molar-refractivity contribution < 1.29 is 24.2 Å². The van der Waals surface area contributed by atoms with Gasteiger partial charge in [-0.05, 0) is 5.92 Å². The number of aliphatic carboxylic acids is 1. The average Bonchev–Trinajstić information content (AvgIpc) is 2.26. The van der Waals surface area contributed by atoms with Gasteiger partial charge in [0.2, 0.25) is 0 Å². The van der Waals surface area contributed by atoms with Gasteiger partial charge >= 0.3 is 6.03 Å². The molecule has 2 N–H and O–H groups in total. The summed E-state index contributed by atoms with van der Waals surface area (Å²) in [5, 5.41) is 15.5. The first-order chi connectivity index (χ1) is 7.92. The minimum atomic E-state index is -1.31. The first kappa shape index (κ1) is 15.7. The molecule has 0 unspecified atom stereocenters. The average molecular weight is 247 g/mol. The van der Waals surface area contributed by atoms with E-state index in [0.29, 0.717) is 0 Å². The number of carbonyl (C=O) groups excluding carboxylic acids is 2. The van der Waals surface area contributed by atoms with Crippen LogP contribution in [0.1, 0.15) is 13.8 Å². The molecule has 0 aromatic rings. The fourth-order valence-electron chi connectivity index (χ4n) is 1.13. The molecule has 0 spiro atoms. The van der Waals surface area contributed by atoms with E-state index in [-0.39, 0.29) is 12.5 Å². The molecule has 0 heterocycles. The molecule has 0 saturated heterocycles. The monoisotopic (exact) mass is 247 g/mol. The third kappa shape index (κ3) is 6.08. The van der Waals surface area contributed by atoms with Gasteiger partial charge in [0, 0.05) is 14.2 Å². The van der Waals surface area contributed by atoms with Crippen molar-refractivity contribution >= 4 is 12.0 Å². The highest BCUT2D eigenvalue weighted by molar-refractivity contribution is 5.81.